The van der Waals surface area contributed by atoms with Gasteiger partial charge in [-0.1, -0.05) is 0 Å². The number of halogens is 5. The quantitative estimate of drug-likeness (QED) is 0.777. The van der Waals surface area contributed by atoms with Gasteiger partial charge in [-0.05, 0) is 0 Å². The van der Waals surface area contributed by atoms with Gasteiger partial charge < -0.3 is 10.7 Å². The maximum Gasteiger partial charge on any atom is 0.422 e. The van der Waals surface area contributed by atoms with Crippen molar-refractivity contribution in [2.75, 3.05) is 0 Å². The van der Waals surface area contributed by atoms with E-state index in [9.17, 15) is 26.7 Å². The van der Waals surface area contributed by atoms with Gasteiger partial charge in [0, 0.05) is 18.3 Å². The number of H-pyrrole nitrogens is 1. The molecule has 0 aliphatic heterocycles. The minimum absolute atomic E-state index is 0.173. The predicted molar refractivity (Wildman–Crippen MR) is 44.9 cm³/mol. The molecule has 1 aromatic rings. The van der Waals surface area contributed by atoms with Gasteiger partial charge in [0.05, 0.1) is 5.69 Å². The molecule has 0 unspecified atom stereocenters. The molecule has 0 fully saturated rings. The van der Waals surface area contributed by atoms with Crippen molar-refractivity contribution in [2.24, 2.45) is 5.73 Å². The molecule has 0 atom stereocenters. The second-order valence-corrected chi connectivity index (χ2v) is 2.95. The van der Waals surface area contributed by atoms with Gasteiger partial charge >= 0.3 is 6.18 Å². The molecule has 8 heteroatoms. The van der Waals surface area contributed by atoms with Crippen LogP contribution >= 0.6 is 0 Å². The Bertz CT molecular complexity index is 437. The molecule has 1 heterocycles. The highest BCUT2D eigenvalue weighted by Crippen LogP contribution is 2.32. The molecule has 0 aliphatic carbocycles. The molecule has 0 saturated carbocycles. The van der Waals surface area contributed by atoms with Crippen molar-refractivity contribution in [1.29, 1.82) is 0 Å². The Morgan fingerprint density at radius 3 is 2.31 bits per heavy atom. The van der Waals surface area contributed by atoms with Crippen molar-refractivity contribution in [2.45, 2.75) is 19.1 Å². The van der Waals surface area contributed by atoms with Crippen LogP contribution in [0.4, 0.5) is 22.0 Å². The molecule has 0 amide bonds. The number of aromatic nitrogens is 1. The number of pyridine rings is 1. The molecule has 0 bridgehead atoms. The lowest BCUT2D eigenvalue weighted by Crippen LogP contribution is -2.24. The molecule has 0 spiro atoms. The molecule has 1 rings (SSSR count). The Kier molecular flexibility index (Phi) is 3.32. The van der Waals surface area contributed by atoms with E-state index in [-0.39, 0.29) is 12.2 Å². The minimum atomic E-state index is -5.12. The largest absolute Gasteiger partial charge is 0.422 e. The molecule has 90 valence electrons. The molecule has 16 heavy (non-hydrogen) atoms. The maximum atomic E-state index is 12.3. The van der Waals surface area contributed by atoms with Crippen LogP contribution in [0.3, 0.4) is 0 Å². The number of aromatic amines is 1. The van der Waals surface area contributed by atoms with Gasteiger partial charge in [-0.2, -0.15) is 13.2 Å². The normalized spacial score (nSPS) is 12.2. The lowest BCUT2D eigenvalue weighted by atomic mass is 10.1. The third-order valence-electron chi connectivity index (χ3n) is 1.84. The van der Waals surface area contributed by atoms with Crippen LogP contribution in [-0.2, 0) is 12.7 Å². The van der Waals surface area contributed by atoms with Gasteiger partial charge in [-0.3, -0.25) is 4.79 Å². The fourth-order valence-corrected chi connectivity index (χ4v) is 1.20. The Balaban J connectivity index is 3.53. The third kappa shape index (κ3) is 2.38. The zero-order valence-electron chi connectivity index (χ0n) is 7.74. The van der Waals surface area contributed by atoms with Crippen molar-refractivity contribution < 1.29 is 22.0 Å². The van der Waals surface area contributed by atoms with E-state index < -0.39 is 29.3 Å². The number of hydrogen-bond acceptors (Lipinski definition) is 2. The second kappa shape index (κ2) is 4.20. The monoisotopic (exact) mass is 242 g/mol. The van der Waals surface area contributed by atoms with E-state index >= 15 is 0 Å². The average molecular weight is 242 g/mol. The summed E-state index contributed by atoms with van der Waals surface area (Å²) in [5.41, 5.74) is 0.0464. The van der Waals surface area contributed by atoms with Crippen molar-refractivity contribution in [3.63, 3.8) is 0 Å². The van der Waals surface area contributed by atoms with Crippen LogP contribution in [0.1, 0.15) is 23.4 Å². The summed E-state index contributed by atoms with van der Waals surface area (Å²) >= 11 is 0. The first-order valence-corrected chi connectivity index (χ1v) is 4.09. The Labute approximate surface area is 86.1 Å². The summed E-state index contributed by atoms with van der Waals surface area (Å²) in [5.74, 6) is 0. The van der Waals surface area contributed by atoms with Crippen molar-refractivity contribution >= 4 is 0 Å². The van der Waals surface area contributed by atoms with E-state index in [0.29, 0.717) is 6.07 Å². The Morgan fingerprint density at radius 1 is 1.38 bits per heavy atom. The standard InChI is InChI=1S/C8H7F5N2O/c9-7(10)6-5(8(11,12)13)4(16)1-3(2-14)15-6/h1,7H,2,14H2,(H,15,16). The van der Waals surface area contributed by atoms with Gasteiger partial charge in [0.25, 0.3) is 6.43 Å². The maximum absolute atomic E-state index is 12.3. The van der Waals surface area contributed by atoms with Gasteiger partial charge in [-0.25, -0.2) is 8.78 Å². The van der Waals surface area contributed by atoms with Crippen molar-refractivity contribution in [3.8, 4) is 0 Å². The smallest absolute Gasteiger partial charge is 0.356 e. The molecule has 0 saturated heterocycles. The molecule has 0 aromatic carbocycles. The lowest BCUT2D eigenvalue weighted by molar-refractivity contribution is -0.140. The molecular formula is C8H7F5N2O. The summed E-state index contributed by atoms with van der Waals surface area (Å²) in [4.78, 5) is 12.9. The van der Waals surface area contributed by atoms with E-state index in [4.69, 9.17) is 5.73 Å². The van der Waals surface area contributed by atoms with Crippen LogP contribution in [0.15, 0.2) is 10.9 Å². The number of nitrogens with two attached hydrogens (primary N) is 1. The summed E-state index contributed by atoms with van der Waals surface area (Å²) in [6.07, 6.45) is -8.54. The zero-order valence-corrected chi connectivity index (χ0v) is 7.74. The van der Waals surface area contributed by atoms with E-state index in [2.05, 4.69) is 0 Å². The highest BCUT2D eigenvalue weighted by Gasteiger charge is 2.39. The summed E-state index contributed by atoms with van der Waals surface area (Å²) in [5, 5.41) is 0. The van der Waals surface area contributed by atoms with E-state index in [1.165, 1.54) is 0 Å². The number of rotatable bonds is 2. The highest BCUT2D eigenvalue weighted by molar-refractivity contribution is 5.27. The average Bonchev–Trinajstić information content (AvgIpc) is 2.14. The number of nitrogens with one attached hydrogen (secondary N) is 1. The molecular weight excluding hydrogens is 235 g/mol. The van der Waals surface area contributed by atoms with Crippen LogP contribution in [0.5, 0.6) is 0 Å². The summed E-state index contributed by atoms with van der Waals surface area (Å²) in [7, 11) is 0. The van der Waals surface area contributed by atoms with Gasteiger partial charge in [0.1, 0.15) is 5.56 Å². The number of alkyl halides is 5. The molecule has 0 radical (unpaired) electrons. The van der Waals surface area contributed by atoms with Gasteiger partial charge in [-0.15, -0.1) is 0 Å². The topological polar surface area (TPSA) is 58.9 Å². The van der Waals surface area contributed by atoms with Crippen LogP contribution in [-0.4, -0.2) is 4.98 Å². The van der Waals surface area contributed by atoms with Crippen LogP contribution < -0.4 is 11.2 Å². The summed E-state index contributed by atoms with van der Waals surface area (Å²) in [6.45, 7) is -0.326. The molecule has 0 aliphatic rings. The Hall–Kier alpha value is -1.44. The minimum Gasteiger partial charge on any atom is -0.356 e. The molecule has 1 aromatic heterocycles. The SMILES string of the molecule is NCc1cc(=O)c(C(F)(F)F)c(C(F)F)[nH]1. The molecule has 3 nitrogen and oxygen atoms in total. The predicted octanol–water partition coefficient (Wildman–Crippen LogP) is 1.79. The van der Waals surface area contributed by atoms with E-state index in [1.54, 1.807) is 0 Å². The van der Waals surface area contributed by atoms with Crippen molar-refractivity contribution in [3.05, 3.63) is 33.2 Å². The first-order chi connectivity index (χ1) is 7.27. The van der Waals surface area contributed by atoms with Gasteiger partial charge in [0.15, 0.2) is 5.43 Å². The fourth-order valence-electron chi connectivity index (χ4n) is 1.20. The fraction of sp³-hybridized carbons (Fsp3) is 0.375. The summed E-state index contributed by atoms with van der Waals surface area (Å²) < 4.78 is 61.6. The van der Waals surface area contributed by atoms with Crippen LogP contribution in [0.25, 0.3) is 0 Å². The van der Waals surface area contributed by atoms with Crippen molar-refractivity contribution in [1.82, 2.24) is 4.98 Å². The first-order valence-electron chi connectivity index (χ1n) is 4.09. The lowest BCUT2D eigenvalue weighted by Gasteiger charge is -2.12. The zero-order chi connectivity index (χ0) is 12.5. The highest BCUT2D eigenvalue weighted by atomic mass is 19.4. The van der Waals surface area contributed by atoms with E-state index in [1.807, 2.05) is 4.98 Å². The van der Waals surface area contributed by atoms with E-state index in [0.717, 1.165) is 0 Å². The third-order valence-corrected chi connectivity index (χ3v) is 1.84. The second-order valence-electron chi connectivity index (χ2n) is 2.95. The molecule has 3 N–H and O–H groups in total. The van der Waals surface area contributed by atoms with Gasteiger partial charge in [0.2, 0.25) is 0 Å². The Morgan fingerprint density at radius 2 is 1.94 bits per heavy atom. The number of hydrogen-bond donors (Lipinski definition) is 2. The van der Waals surface area contributed by atoms with Crippen LogP contribution in [0, 0.1) is 0 Å². The summed E-state index contributed by atoms with van der Waals surface area (Å²) in [6, 6.07) is 0.564. The first kappa shape index (κ1) is 12.6. The van der Waals surface area contributed by atoms with Crippen LogP contribution in [0.2, 0.25) is 0 Å².